The predicted octanol–water partition coefficient (Wildman–Crippen LogP) is 3.12. The number of aliphatic imine (C=N–C) groups is 1. The van der Waals surface area contributed by atoms with Crippen molar-refractivity contribution < 1.29 is 4.74 Å². The number of methoxy groups -OCH3 is 1. The Kier molecular flexibility index (Phi) is 3.09. The summed E-state index contributed by atoms with van der Waals surface area (Å²) in [4.78, 5) is 8.79. The van der Waals surface area contributed by atoms with Gasteiger partial charge in [-0.1, -0.05) is 17.7 Å². The maximum absolute atomic E-state index is 6.00. The van der Waals surface area contributed by atoms with Gasteiger partial charge in [0.15, 0.2) is 5.84 Å². The van der Waals surface area contributed by atoms with E-state index in [1.165, 1.54) is 0 Å². The molecule has 0 amide bonds. The van der Waals surface area contributed by atoms with E-state index < -0.39 is 0 Å². The van der Waals surface area contributed by atoms with Gasteiger partial charge in [0.05, 0.1) is 18.7 Å². The minimum atomic E-state index is 0.583. The van der Waals surface area contributed by atoms with Gasteiger partial charge in [0.2, 0.25) is 0 Å². The summed E-state index contributed by atoms with van der Waals surface area (Å²) in [6, 6.07) is 9.46. The second-order valence-corrected chi connectivity index (χ2v) is 4.56. The van der Waals surface area contributed by atoms with Crippen LogP contribution in [0.3, 0.4) is 0 Å². The molecule has 0 atom stereocenters. The number of rotatable bonds is 2. The lowest BCUT2D eigenvalue weighted by molar-refractivity contribution is 0.415. The highest BCUT2D eigenvalue weighted by Crippen LogP contribution is 2.28. The largest absolute Gasteiger partial charge is 0.495 e. The molecular weight excluding hydrogens is 262 g/mol. The van der Waals surface area contributed by atoms with Crippen LogP contribution in [0.15, 0.2) is 41.5 Å². The standard InChI is InChI=1S/C14H12ClN3O/c1-19-12-7-10(4-5-11(12)15)18-14-13-9(8-17-14)3-2-6-16-13/h2-7H,8H2,1H3,(H,17,18). The van der Waals surface area contributed by atoms with Gasteiger partial charge >= 0.3 is 0 Å². The summed E-state index contributed by atoms with van der Waals surface area (Å²) < 4.78 is 5.19. The zero-order valence-corrected chi connectivity index (χ0v) is 11.1. The van der Waals surface area contributed by atoms with Crippen LogP contribution in [0.25, 0.3) is 0 Å². The molecule has 0 bridgehead atoms. The molecule has 1 aromatic carbocycles. The average Bonchev–Trinajstić information content (AvgIpc) is 2.84. The smallest absolute Gasteiger partial charge is 0.152 e. The van der Waals surface area contributed by atoms with E-state index in [4.69, 9.17) is 16.3 Å². The molecule has 0 aliphatic carbocycles. The number of ether oxygens (including phenoxy) is 1. The Bertz CT molecular complexity index is 655. The molecule has 1 aromatic heterocycles. The van der Waals surface area contributed by atoms with E-state index in [2.05, 4.69) is 15.3 Å². The van der Waals surface area contributed by atoms with Crippen LogP contribution in [0.2, 0.25) is 5.02 Å². The van der Waals surface area contributed by atoms with E-state index in [-0.39, 0.29) is 0 Å². The number of nitrogens with one attached hydrogen (secondary N) is 1. The normalized spacial score (nSPS) is 12.8. The Morgan fingerprint density at radius 1 is 1.32 bits per heavy atom. The number of halogens is 1. The number of hydrogen-bond acceptors (Lipinski definition) is 4. The highest BCUT2D eigenvalue weighted by Gasteiger charge is 2.17. The Morgan fingerprint density at radius 3 is 3.05 bits per heavy atom. The van der Waals surface area contributed by atoms with Gasteiger partial charge < -0.3 is 10.1 Å². The number of hydrogen-bond donors (Lipinski definition) is 1. The van der Waals surface area contributed by atoms with Gasteiger partial charge in [-0.25, -0.2) is 0 Å². The number of fused-ring (bicyclic) bond motifs is 1. The minimum Gasteiger partial charge on any atom is -0.495 e. The minimum absolute atomic E-state index is 0.583. The van der Waals surface area contributed by atoms with Crippen molar-refractivity contribution >= 4 is 23.1 Å². The predicted molar refractivity (Wildman–Crippen MR) is 76.1 cm³/mol. The van der Waals surface area contributed by atoms with Gasteiger partial charge in [0.1, 0.15) is 11.4 Å². The summed E-state index contributed by atoms with van der Waals surface area (Å²) in [6.07, 6.45) is 1.77. The van der Waals surface area contributed by atoms with Crippen molar-refractivity contribution in [3.05, 3.63) is 52.8 Å². The van der Waals surface area contributed by atoms with Crippen LogP contribution in [0.5, 0.6) is 5.75 Å². The van der Waals surface area contributed by atoms with E-state index in [9.17, 15) is 0 Å². The molecule has 19 heavy (non-hydrogen) atoms. The Hall–Kier alpha value is -2.07. The lowest BCUT2D eigenvalue weighted by Crippen LogP contribution is -2.13. The molecule has 1 N–H and O–H groups in total. The second kappa shape index (κ2) is 4.90. The first kappa shape index (κ1) is 12.0. The van der Waals surface area contributed by atoms with Gasteiger partial charge in [-0.2, -0.15) is 0 Å². The highest BCUT2D eigenvalue weighted by molar-refractivity contribution is 6.32. The first-order valence-corrected chi connectivity index (χ1v) is 6.25. The maximum Gasteiger partial charge on any atom is 0.152 e. The SMILES string of the molecule is COc1cc(NC2=NCc3cccnc32)ccc1Cl. The van der Waals surface area contributed by atoms with Gasteiger partial charge in [-0.05, 0) is 18.2 Å². The van der Waals surface area contributed by atoms with Crippen LogP contribution in [0, 0.1) is 0 Å². The summed E-state index contributed by atoms with van der Waals surface area (Å²) in [7, 11) is 1.59. The van der Waals surface area contributed by atoms with Crippen LogP contribution in [0.4, 0.5) is 5.69 Å². The second-order valence-electron chi connectivity index (χ2n) is 4.15. The first-order valence-electron chi connectivity index (χ1n) is 5.87. The van der Waals surface area contributed by atoms with Crippen LogP contribution in [0.1, 0.15) is 11.3 Å². The van der Waals surface area contributed by atoms with Crippen molar-refractivity contribution in [1.29, 1.82) is 0 Å². The van der Waals surface area contributed by atoms with Crippen molar-refractivity contribution in [3.63, 3.8) is 0 Å². The molecule has 0 fully saturated rings. The van der Waals surface area contributed by atoms with E-state index in [1.54, 1.807) is 19.4 Å². The average molecular weight is 274 g/mol. The molecule has 0 radical (unpaired) electrons. The molecule has 5 heteroatoms. The molecule has 2 aromatic rings. The summed E-state index contributed by atoms with van der Waals surface area (Å²) in [5.41, 5.74) is 2.90. The Labute approximate surface area is 116 Å². The third kappa shape index (κ3) is 2.27. The monoisotopic (exact) mass is 273 g/mol. The van der Waals surface area contributed by atoms with Crippen molar-refractivity contribution in [3.8, 4) is 5.75 Å². The molecular formula is C14H12ClN3O. The zero-order valence-electron chi connectivity index (χ0n) is 10.4. The van der Waals surface area contributed by atoms with Crippen molar-refractivity contribution in [2.24, 2.45) is 4.99 Å². The van der Waals surface area contributed by atoms with E-state index in [0.717, 1.165) is 22.8 Å². The van der Waals surface area contributed by atoms with Crippen LogP contribution < -0.4 is 10.1 Å². The van der Waals surface area contributed by atoms with Crippen LogP contribution in [-0.2, 0) is 6.54 Å². The van der Waals surface area contributed by atoms with Crippen molar-refractivity contribution in [2.45, 2.75) is 6.54 Å². The molecule has 0 saturated carbocycles. The maximum atomic E-state index is 6.00. The number of aromatic nitrogens is 1. The lowest BCUT2D eigenvalue weighted by atomic mass is 10.2. The van der Waals surface area contributed by atoms with Gasteiger partial charge in [0, 0.05) is 23.5 Å². The number of amidine groups is 1. The third-order valence-electron chi connectivity index (χ3n) is 2.94. The molecule has 1 aliphatic rings. The molecule has 1 aliphatic heterocycles. The summed E-state index contributed by atoms with van der Waals surface area (Å²) >= 11 is 6.00. The lowest BCUT2D eigenvalue weighted by Gasteiger charge is -2.09. The first-order chi connectivity index (χ1) is 9.28. The fourth-order valence-electron chi connectivity index (χ4n) is 1.99. The molecule has 3 rings (SSSR count). The highest BCUT2D eigenvalue weighted by atomic mass is 35.5. The quantitative estimate of drug-likeness (QED) is 0.914. The molecule has 0 spiro atoms. The molecule has 96 valence electrons. The molecule has 0 unspecified atom stereocenters. The fourth-order valence-corrected chi connectivity index (χ4v) is 2.19. The molecule has 2 heterocycles. The van der Waals surface area contributed by atoms with Crippen LogP contribution in [-0.4, -0.2) is 17.9 Å². The van der Waals surface area contributed by atoms with Gasteiger partial charge in [0.25, 0.3) is 0 Å². The van der Waals surface area contributed by atoms with Crippen LogP contribution >= 0.6 is 11.6 Å². The van der Waals surface area contributed by atoms with Crippen molar-refractivity contribution in [1.82, 2.24) is 4.98 Å². The van der Waals surface area contributed by atoms with Crippen molar-refractivity contribution in [2.75, 3.05) is 12.4 Å². The Morgan fingerprint density at radius 2 is 2.21 bits per heavy atom. The summed E-state index contributed by atoms with van der Waals surface area (Å²) in [6.45, 7) is 0.663. The summed E-state index contributed by atoms with van der Waals surface area (Å²) in [5, 5.41) is 3.83. The number of anilines is 1. The Balaban J connectivity index is 1.87. The third-order valence-corrected chi connectivity index (χ3v) is 3.25. The number of nitrogens with zero attached hydrogens (tertiary/aromatic N) is 2. The molecule has 0 saturated heterocycles. The summed E-state index contributed by atoms with van der Waals surface area (Å²) in [5.74, 6) is 1.41. The number of pyridine rings is 1. The van der Waals surface area contributed by atoms with E-state index in [1.807, 2.05) is 24.3 Å². The van der Waals surface area contributed by atoms with E-state index in [0.29, 0.717) is 17.3 Å². The number of benzene rings is 1. The fraction of sp³-hybridized carbons (Fsp3) is 0.143. The van der Waals surface area contributed by atoms with Gasteiger partial charge in [-0.3, -0.25) is 9.98 Å². The topological polar surface area (TPSA) is 46.5 Å². The zero-order chi connectivity index (χ0) is 13.2. The van der Waals surface area contributed by atoms with Gasteiger partial charge in [-0.15, -0.1) is 0 Å². The molecule has 4 nitrogen and oxygen atoms in total. The van der Waals surface area contributed by atoms with E-state index >= 15 is 0 Å².